The molecule has 0 aliphatic carbocycles. The van der Waals surface area contributed by atoms with E-state index >= 15 is 0 Å². The minimum atomic E-state index is -0.971. The Kier molecular flexibility index (Phi) is 3.62. The average molecular weight is 298 g/mol. The van der Waals surface area contributed by atoms with Crippen LogP contribution >= 0.6 is 11.3 Å². The van der Waals surface area contributed by atoms with Gasteiger partial charge in [-0.15, -0.1) is 11.3 Å². The summed E-state index contributed by atoms with van der Waals surface area (Å²) in [5, 5.41) is 12.0. The Morgan fingerprint density at radius 1 is 1.24 bits per heavy atom. The molecule has 3 nitrogen and oxygen atoms in total. The van der Waals surface area contributed by atoms with Gasteiger partial charge in [-0.05, 0) is 35.6 Å². The molecule has 1 heterocycles. The fraction of sp³-hybridized carbons (Fsp3) is 0.118. The molecule has 0 unspecified atom stereocenters. The first kappa shape index (κ1) is 13.6. The molecule has 3 aromatic rings. The summed E-state index contributed by atoms with van der Waals surface area (Å²) in [6.07, 6.45) is 0. The molecule has 0 aliphatic heterocycles. The lowest BCUT2D eigenvalue weighted by Crippen LogP contribution is -2.09. The van der Waals surface area contributed by atoms with E-state index in [2.05, 4.69) is 17.5 Å². The lowest BCUT2D eigenvalue weighted by atomic mass is 10.0. The quantitative estimate of drug-likeness (QED) is 0.779. The van der Waals surface area contributed by atoms with E-state index in [0.717, 1.165) is 22.1 Å². The molecule has 0 atom stereocenters. The molecule has 106 valence electrons. The van der Waals surface area contributed by atoms with Crippen molar-refractivity contribution in [2.45, 2.75) is 6.92 Å². The first-order valence-electron chi connectivity index (χ1n) is 6.57. The molecular weight excluding hydrogens is 284 g/mol. The molecule has 1 N–H and O–H groups in total. The van der Waals surface area contributed by atoms with Gasteiger partial charge < -0.3 is 9.84 Å². The first-order valence-corrected chi connectivity index (χ1v) is 7.45. The lowest BCUT2D eigenvalue weighted by molar-refractivity contribution is -0.139. The number of hydrogen-bond donors (Lipinski definition) is 1. The van der Waals surface area contributed by atoms with Crippen LogP contribution in [0, 0.1) is 6.92 Å². The highest BCUT2D eigenvalue weighted by Gasteiger charge is 2.11. The van der Waals surface area contributed by atoms with Crippen molar-refractivity contribution in [3.8, 4) is 16.9 Å². The van der Waals surface area contributed by atoms with E-state index in [1.54, 1.807) is 11.3 Å². The third kappa shape index (κ3) is 2.76. The zero-order valence-electron chi connectivity index (χ0n) is 11.5. The average Bonchev–Trinajstić information content (AvgIpc) is 2.90. The second-order valence-electron chi connectivity index (χ2n) is 4.81. The molecular formula is C17H14O3S. The fourth-order valence-corrected chi connectivity index (χ4v) is 3.39. The molecule has 0 spiro atoms. The number of hydrogen-bond acceptors (Lipinski definition) is 3. The van der Waals surface area contributed by atoms with Crippen molar-refractivity contribution in [3.63, 3.8) is 0 Å². The number of carbonyl (C=O) groups is 1. The van der Waals surface area contributed by atoms with Crippen LogP contribution in [0.1, 0.15) is 5.56 Å². The van der Waals surface area contributed by atoms with Gasteiger partial charge in [0.05, 0.1) is 0 Å². The second-order valence-corrected chi connectivity index (χ2v) is 5.69. The van der Waals surface area contributed by atoms with Crippen molar-refractivity contribution in [1.82, 2.24) is 0 Å². The van der Waals surface area contributed by atoms with Gasteiger partial charge in [-0.25, -0.2) is 4.79 Å². The van der Waals surface area contributed by atoms with Gasteiger partial charge in [0.1, 0.15) is 5.75 Å². The van der Waals surface area contributed by atoms with Gasteiger partial charge in [0.25, 0.3) is 0 Å². The van der Waals surface area contributed by atoms with Crippen molar-refractivity contribution in [1.29, 1.82) is 0 Å². The Hall–Kier alpha value is -2.33. The molecule has 1 aromatic heterocycles. The van der Waals surface area contributed by atoms with Crippen LogP contribution in [-0.4, -0.2) is 17.7 Å². The Balaban J connectivity index is 2.09. The van der Waals surface area contributed by atoms with Crippen molar-refractivity contribution in [3.05, 3.63) is 53.4 Å². The highest BCUT2D eigenvalue weighted by atomic mass is 32.1. The summed E-state index contributed by atoms with van der Waals surface area (Å²) < 4.78 is 6.53. The van der Waals surface area contributed by atoms with Crippen LogP contribution in [0.3, 0.4) is 0 Å². The largest absolute Gasteiger partial charge is 0.482 e. The van der Waals surface area contributed by atoms with Gasteiger partial charge in [0, 0.05) is 15.6 Å². The SMILES string of the molecule is Cc1cc(OCC(=O)O)cc2c(-c3ccccc3)csc12. The Labute approximate surface area is 126 Å². The molecule has 0 aliphatic rings. The second kappa shape index (κ2) is 5.58. The first-order chi connectivity index (χ1) is 10.1. The van der Waals surface area contributed by atoms with E-state index in [4.69, 9.17) is 9.84 Å². The molecule has 0 bridgehead atoms. The number of carboxylic acid groups (broad SMARTS) is 1. The number of carboxylic acids is 1. The van der Waals surface area contributed by atoms with E-state index in [1.165, 1.54) is 4.70 Å². The number of aryl methyl sites for hydroxylation is 1. The summed E-state index contributed by atoms with van der Waals surface area (Å²) in [4.78, 5) is 10.6. The Morgan fingerprint density at radius 2 is 2.00 bits per heavy atom. The van der Waals surface area contributed by atoms with E-state index in [1.807, 2.05) is 37.3 Å². The number of ether oxygens (including phenoxy) is 1. The molecule has 0 amide bonds. The van der Waals surface area contributed by atoms with Crippen molar-refractivity contribution in [2.75, 3.05) is 6.61 Å². The van der Waals surface area contributed by atoms with Crippen LogP contribution in [0.15, 0.2) is 47.8 Å². The normalized spacial score (nSPS) is 10.7. The minimum Gasteiger partial charge on any atom is -0.482 e. The number of aliphatic carboxylic acids is 1. The predicted octanol–water partition coefficient (Wildman–Crippen LogP) is 4.34. The molecule has 0 fully saturated rings. The van der Waals surface area contributed by atoms with Gasteiger partial charge in [-0.1, -0.05) is 30.3 Å². The van der Waals surface area contributed by atoms with Crippen molar-refractivity contribution < 1.29 is 14.6 Å². The number of fused-ring (bicyclic) bond motifs is 1. The summed E-state index contributed by atoms with van der Waals surface area (Å²) in [7, 11) is 0. The fourth-order valence-electron chi connectivity index (χ4n) is 2.35. The van der Waals surface area contributed by atoms with Gasteiger partial charge >= 0.3 is 5.97 Å². The maximum Gasteiger partial charge on any atom is 0.341 e. The van der Waals surface area contributed by atoms with Crippen LogP contribution in [0.4, 0.5) is 0 Å². The standard InChI is InChI=1S/C17H14O3S/c1-11-7-13(20-9-16(18)19)8-14-15(10-21-17(11)14)12-5-3-2-4-6-12/h2-8,10H,9H2,1H3,(H,18,19). The number of benzene rings is 2. The predicted molar refractivity (Wildman–Crippen MR) is 85.1 cm³/mol. The summed E-state index contributed by atoms with van der Waals surface area (Å²) >= 11 is 1.70. The number of thiophene rings is 1. The van der Waals surface area contributed by atoms with E-state index in [0.29, 0.717) is 5.75 Å². The summed E-state index contributed by atoms with van der Waals surface area (Å²) in [6, 6.07) is 14.0. The smallest absolute Gasteiger partial charge is 0.341 e. The maximum atomic E-state index is 10.6. The van der Waals surface area contributed by atoms with Gasteiger partial charge in [0.2, 0.25) is 0 Å². The third-order valence-corrected chi connectivity index (χ3v) is 4.41. The molecule has 0 saturated carbocycles. The molecule has 2 aromatic carbocycles. The topological polar surface area (TPSA) is 46.5 Å². The van der Waals surface area contributed by atoms with Gasteiger partial charge in [-0.3, -0.25) is 0 Å². The van der Waals surface area contributed by atoms with Crippen LogP contribution in [0.25, 0.3) is 21.2 Å². The molecule has 3 rings (SSSR count). The van der Waals surface area contributed by atoms with Crippen molar-refractivity contribution in [2.24, 2.45) is 0 Å². The third-order valence-electron chi connectivity index (χ3n) is 3.28. The van der Waals surface area contributed by atoms with E-state index in [-0.39, 0.29) is 6.61 Å². The number of rotatable bonds is 4. The summed E-state index contributed by atoms with van der Waals surface area (Å²) in [5.74, 6) is -0.376. The van der Waals surface area contributed by atoms with Crippen LogP contribution in [0.2, 0.25) is 0 Å². The van der Waals surface area contributed by atoms with Gasteiger partial charge in [0.15, 0.2) is 6.61 Å². The van der Waals surface area contributed by atoms with Crippen LogP contribution in [0.5, 0.6) is 5.75 Å². The summed E-state index contributed by atoms with van der Waals surface area (Å²) in [6.45, 7) is 1.69. The highest BCUT2D eigenvalue weighted by molar-refractivity contribution is 7.18. The Morgan fingerprint density at radius 3 is 2.71 bits per heavy atom. The van der Waals surface area contributed by atoms with Crippen molar-refractivity contribution >= 4 is 27.4 Å². The maximum absolute atomic E-state index is 10.6. The van der Waals surface area contributed by atoms with E-state index < -0.39 is 5.97 Å². The Bertz CT molecular complexity index is 790. The molecule has 21 heavy (non-hydrogen) atoms. The van der Waals surface area contributed by atoms with Crippen LogP contribution in [-0.2, 0) is 4.79 Å². The zero-order chi connectivity index (χ0) is 14.8. The minimum absolute atomic E-state index is 0.324. The monoisotopic (exact) mass is 298 g/mol. The zero-order valence-corrected chi connectivity index (χ0v) is 12.3. The lowest BCUT2D eigenvalue weighted by Gasteiger charge is -2.07. The molecule has 0 saturated heterocycles. The molecule has 0 radical (unpaired) electrons. The van der Waals surface area contributed by atoms with Crippen LogP contribution < -0.4 is 4.74 Å². The van der Waals surface area contributed by atoms with Gasteiger partial charge in [-0.2, -0.15) is 0 Å². The highest BCUT2D eigenvalue weighted by Crippen LogP contribution is 2.38. The molecule has 4 heteroatoms. The summed E-state index contributed by atoms with van der Waals surface area (Å²) in [5.41, 5.74) is 3.40. The van der Waals surface area contributed by atoms with E-state index in [9.17, 15) is 4.79 Å².